The minimum Gasteiger partial charge on any atom is -0.494 e. The summed E-state index contributed by atoms with van der Waals surface area (Å²) in [5.74, 6) is 0.585. The highest BCUT2D eigenvalue weighted by molar-refractivity contribution is 7.80. The molecule has 2 rings (SSSR count). The van der Waals surface area contributed by atoms with Crippen molar-refractivity contribution in [3.8, 4) is 5.75 Å². The first-order valence-electron chi connectivity index (χ1n) is 6.69. The number of hydrogen-bond acceptors (Lipinski definition) is 2. The third-order valence-electron chi connectivity index (χ3n) is 2.79. The number of hydrogen-bond donors (Lipinski definition) is 2. The van der Waals surface area contributed by atoms with Gasteiger partial charge in [-0.2, -0.15) is 0 Å². The molecule has 0 bridgehead atoms. The van der Waals surface area contributed by atoms with Crippen molar-refractivity contribution in [2.45, 2.75) is 13.5 Å². The van der Waals surface area contributed by atoms with E-state index in [-0.39, 0.29) is 5.82 Å². The SMILES string of the molecule is CCOc1ccc(CNC(=S)Nc2ccc(F)cc2)cc1. The molecule has 0 amide bonds. The lowest BCUT2D eigenvalue weighted by Gasteiger charge is -2.11. The number of ether oxygens (including phenoxy) is 1. The van der Waals surface area contributed by atoms with Gasteiger partial charge < -0.3 is 15.4 Å². The van der Waals surface area contributed by atoms with E-state index < -0.39 is 0 Å². The Hall–Kier alpha value is -2.14. The van der Waals surface area contributed by atoms with E-state index in [9.17, 15) is 4.39 Å². The second kappa shape index (κ2) is 7.59. The van der Waals surface area contributed by atoms with Gasteiger partial charge in [0.2, 0.25) is 0 Å². The number of nitrogens with one attached hydrogen (secondary N) is 2. The van der Waals surface area contributed by atoms with E-state index in [0.29, 0.717) is 18.3 Å². The smallest absolute Gasteiger partial charge is 0.171 e. The van der Waals surface area contributed by atoms with Crippen LogP contribution in [0.15, 0.2) is 48.5 Å². The molecule has 2 aromatic rings. The molecule has 0 saturated heterocycles. The fourth-order valence-corrected chi connectivity index (χ4v) is 1.95. The molecule has 0 heterocycles. The monoisotopic (exact) mass is 304 g/mol. The van der Waals surface area contributed by atoms with Gasteiger partial charge in [0, 0.05) is 12.2 Å². The highest BCUT2D eigenvalue weighted by Gasteiger charge is 1.99. The summed E-state index contributed by atoms with van der Waals surface area (Å²) in [5, 5.41) is 6.60. The fraction of sp³-hybridized carbons (Fsp3) is 0.188. The van der Waals surface area contributed by atoms with Crippen molar-refractivity contribution in [2.24, 2.45) is 0 Å². The van der Waals surface area contributed by atoms with Crippen LogP contribution >= 0.6 is 12.2 Å². The molecule has 0 aromatic heterocycles. The lowest BCUT2D eigenvalue weighted by atomic mass is 10.2. The van der Waals surface area contributed by atoms with Crippen LogP contribution < -0.4 is 15.4 Å². The van der Waals surface area contributed by atoms with Crippen LogP contribution in [0.3, 0.4) is 0 Å². The molecule has 5 heteroatoms. The zero-order chi connectivity index (χ0) is 15.1. The van der Waals surface area contributed by atoms with Crippen LogP contribution in [0.4, 0.5) is 10.1 Å². The maximum atomic E-state index is 12.8. The van der Waals surface area contributed by atoms with Gasteiger partial charge in [0.1, 0.15) is 11.6 Å². The summed E-state index contributed by atoms with van der Waals surface area (Å²) in [6.07, 6.45) is 0. The first kappa shape index (κ1) is 15.3. The molecule has 0 aliphatic heterocycles. The zero-order valence-electron chi connectivity index (χ0n) is 11.7. The van der Waals surface area contributed by atoms with Crippen molar-refractivity contribution < 1.29 is 9.13 Å². The van der Waals surface area contributed by atoms with Crippen LogP contribution in [-0.2, 0) is 6.54 Å². The van der Waals surface area contributed by atoms with Crippen LogP contribution in [0.1, 0.15) is 12.5 Å². The molecular formula is C16H17FN2OS. The molecule has 2 N–H and O–H groups in total. The Bertz CT molecular complexity index is 584. The van der Waals surface area contributed by atoms with Crippen LogP contribution in [-0.4, -0.2) is 11.7 Å². The molecule has 21 heavy (non-hydrogen) atoms. The second-order valence-corrected chi connectivity index (χ2v) is 4.80. The minimum absolute atomic E-state index is 0.270. The average molecular weight is 304 g/mol. The lowest BCUT2D eigenvalue weighted by Crippen LogP contribution is -2.27. The first-order valence-corrected chi connectivity index (χ1v) is 7.10. The van der Waals surface area contributed by atoms with Crippen LogP contribution in [0, 0.1) is 5.82 Å². The van der Waals surface area contributed by atoms with Crippen molar-refractivity contribution in [3.63, 3.8) is 0 Å². The van der Waals surface area contributed by atoms with Crippen LogP contribution in [0.25, 0.3) is 0 Å². The van der Waals surface area contributed by atoms with E-state index in [4.69, 9.17) is 17.0 Å². The van der Waals surface area contributed by atoms with E-state index in [1.807, 2.05) is 31.2 Å². The van der Waals surface area contributed by atoms with E-state index in [2.05, 4.69) is 10.6 Å². The largest absolute Gasteiger partial charge is 0.494 e. The third-order valence-corrected chi connectivity index (χ3v) is 3.04. The average Bonchev–Trinajstić information content (AvgIpc) is 2.49. The Morgan fingerprint density at radius 3 is 2.38 bits per heavy atom. The van der Waals surface area contributed by atoms with Crippen LogP contribution in [0.5, 0.6) is 5.75 Å². The summed E-state index contributed by atoms with van der Waals surface area (Å²) in [4.78, 5) is 0. The third kappa shape index (κ3) is 5.04. The molecule has 0 aliphatic carbocycles. The molecule has 0 radical (unpaired) electrons. The molecule has 110 valence electrons. The van der Waals surface area contributed by atoms with E-state index in [1.54, 1.807) is 12.1 Å². The topological polar surface area (TPSA) is 33.3 Å². The summed E-state index contributed by atoms with van der Waals surface area (Å²) >= 11 is 5.19. The zero-order valence-corrected chi connectivity index (χ0v) is 12.5. The molecule has 3 nitrogen and oxygen atoms in total. The van der Waals surface area contributed by atoms with E-state index in [0.717, 1.165) is 17.0 Å². The van der Waals surface area contributed by atoms with Gasteiger partial charge in [-0.05, 0) is 61.1 Å². The number of benzene rings is 2. The van der Waals surface area contributed by atoms with Crippen LogP contribution in [0.2, 0.25) is 0 Å². The second-order valence-electron chi connectivity index (χ2n) is 4.39. The Morgan fingerprint density at radius 1 is 1.10 bits per heavy atom. The summed E-state index contributed by atoms with van der Waals surface area (Å²) in [7, 11) is 0. The first-order chi connectivity index (χ1) is 10.2. The van der Waals surface area contributed by atoms with Crippen molar-refractivity contribution in [1.82, 2.24) is 5.32 Å². The molecule has 0 unspecified atom stereocenters. The number of rotatable bonds is 5. The minimum atomic E-state index is -0.270. The molecule has 0 aliphatic rings. The predicted molar refractivity (Wildman–Crippen MR) is 87.1 cm³/mol. The Kier molecular flexibility index (Phi) is 5.51. The van der Waals surface area contributed by atoms with Gasteiger partial charge in [0.15, 0.2) is 5.11 Å². The summed E-state index contributed by atoms with van der Waals surface area (Å²) in [6.45, 7) is 3.22. The summed E-state index contributed by atoms with van der Waals surface area (Å²) < 4.78 is 18.2. The van der Waals surface area contributed by atoms with Gasteiger partial charge in [0.05, 0.1) is 6.61 Å². The van der Waals surface area contributed by atoms with Gasteiger partial charge in [-0.25, -0.2) is 4.39 Å². The highest BCUT2D eigenvalue weighted by Crippen LogP contribution is 2.12. The van der Waals surface area contributed by atoms with E-state index >= 15 is 0 Å². The van der Waals surface area contributed by atoms with Gasteiger partial charge in [-0.1, -0.05) is 12.1 Å². The molecule has 0 spiro atoms. The number of thiocarbonyl (C=S) groups is 1. The summed E-state index contributed by atoms with van der Waals surface area (Å²) in [6, 6.07) is 13.9. The number of anilines is 1. The van der Waals surface area contributed by atoms with Gasteiger partial charge in [0.25, 0.3) is 0 Å². The van der Waals surface area contributed by atoms with Gasteiger partial charge >= 0.3 is 0 Å². The van der Waals surface area contributed by atoms with Crippen molar-refractivity contribution in [1.29, 1.82) is 0 Å². The fourth-order valence-electron chi connectivity index (χ4n) is 1.76. The number of halogens is 1. The van der Waals surface area contributed by atoms with Gasteiger partial charge in [-0.15, -0.1) is 0 Å². The molecule has 0 saturated carbocycles. The maximum absolute atomic E-state index is 12.8. The molecule has 2 aromatic carbocycles. The molecular weight excluding hydrogens is 287 g/mol. The lowest BCUT2D eigenvalue weighted by molar-refractivity contribution is 0.340. The Balaban J connectivity index is 1.81. The highest BCUT2D eigenvalue weighted by atomic mass is 32.1. The van der Waals surface area contributed by atoms with Crippen molar-refractivity contribution in [2.75, 3.05) is 11.9 Å². The maximum Gasteiger partial charge on any atom is 0.171 e. The van der Waals surface area contributed by atoms with E-state index in [1.165, 1.54) is 12.1 Å². The Labute approximate surface area is 129 Å². The van der Waals surface area contributed by atoms with Crippen molar-refractivity contribution >= 4 is 23.0 Å². The quantitative estimate of drug-likeness (QED) is 0.825. The van der Waals surface area contributed by atoms with Gasteiger partial charge in [-0.3, -0.25) is 0 Å². The standard InChI is InChI=1S/C16H17FN2OS/c1-2-20-15-9-3-12(4-10-15)11-18-16(21)19-14-7-5-13(17)6-8-14/h3-10H,2,11H2,1H3,(H2,18,19,21). The normalized spacial score (nSPS) is 10.0. The Morgan fingerprint density at radius 2 is 1.76 bits per heavy atom. The van der Waals surface area contributed by atoms with Crippen molar-refractivity contribution in [3.05, 3.63) is 59.9 Å². The molecule has 0 fully saturated rings. The molecule has 0 atom stereocenters. The predicted octanol–water partition coefficient (Wildman–Crippen LogP) is 3.71. The summed E-state index contributed by atoms with van der Waals surface area (Å²) in [5.41, 5.74) is 1.85.